The first-order valence-electron chi connectivity index (χ1n) is 11.9. The van der Waals surface area contributed by atoms with Crippen LogP contribution in [0.5, 0.6) is 0 Å². The number of aryl methyl sites for hydroxylation is 1. The van der Waals surface area contributed by atoms with Crippen molar-refractivity contribution in [1.29, 1.82) is 0 Å². The lowest BCUT2D eigenvalue weighted by atomic mass is 9.87. The van der Waals surface area contributed by atoms with Gasteiger partial charge in [-0.05, 0) is 59.9 Å². The van der Waals surface area contributed by atoms with Crippen LogP contribution in [0.25, 0.3) is 17.0 Å². The van der Waals surface area contributed by atoms with Crippen LogP contribution in [0.4, 0.5) is 5.82 Å². The number of nitrogens with zero attached hydrogens (tertiary/aromatic N) is 4. The lowest BCUT2D eigenvalue weighted by Gasteiger charge is -2.19. The molecular weight excluding hydrogens is 470 g/mol. The molecule has 0 radical (unpaired) electrons. The monoisotopic (exact) mass is 497 g/mol. The van der Waals surface area contributed by atoms with Crippen LogP contribution in [-0.4, -0.2) is 25.2 Å². The van der Waals surface area contributed by atoms with Crippen LogP contribution in [0.15, 0.2) is 78.9 Å². The lowest BCUT2D eigenvalue weighted by molar-refractivity contribution is 0.102. The fourth-order valence-corrected chi connectivity index (χ4v) is 4.33. The van der Waals surface area contributed by atoms with E-state index in [1.807, 2.05) is 85.8 Å². The summed E-state index contributed by atoms with van der Waals surface area (Å²) in [6.45, 7) is 8.93. The van der Waals surface area contributed by atoms with E-state index < -0.39 is 0 Å². The standard InChI is InChI=1S/C29H28ClN5O/c1-19-17-26(32-27(36)21-11-13-22(14-12-21)29(2,3)4)35(33-19)28-31-24-7-5-6-8-25(24)34(28)18-20-9-15-23(30)16-10-20/h5-17H,18H2,1-4H3,(H,32,36). The van der Waals surface area contributed by atoms with Crippen molar-refractivity contribution < 1.29 is 4.79 Å². The van der Waals surface area contributed by atoms with Crippen molar-refractivity contribution in [3.8, 4) is 5.95 Å². The third-order valence-electron chi connectivity index (χ3n) is 6.16. The summed E-state index contributed by atoms with van der Waals surface area (Å²) in [4.78, 5) is 18.0. The Morgan fingerprint density at radius 2 is 1.67 bits per heavy atom. The first kappa shape index (κ1) is 23.8. The third kappa shape index (κ3) is 4.77. The van der Waals surface area contributed by atoms with Crippen LogP contribution in [0.3, 0.4) is 0 Å². The van der Waals surface area contributed by atoms with Crippen molar-refractivity contribution in [3.05, 3.63) is 106 Å². The van der Waals surface area contributed by atoms with Crippen molar-refractivity contribution >= 4 is 34.4 Å². The van der Waals surface area contributed by atoms with Gasteiger partial charge in [-0.3, -0.25) is 4.79 Å². The maximum Gasteiger partial charge on any atom is 0.256 e. The van der Waals surface area contributed by atoms with Gasteiger partial charge in [0.15, 0.2) is 0 Å². The van der Waals surface area contributed by atoms with Crippen LogP contribution >= 0.6 is 11.6 Å². The van der Waals surface area contributed by atoms with E-state index in [1.165, 1.54) is 5.56 Å². The number of para-hydroxylation sites is 2. The number of rotatable bonds is 5. The van der Waals surface area contributed by atoms with Gasteiger partial charge >= 0.3 is 0 Å². The molecule has 2 heterocycles. The van der Waals surface area contributed by atoms with Crippen LogP contribution in [0.2, 0.25) is 5.02 Å². The summed E-state index contributed by atoms with van der Waals surface area (Å²) in [6.07, 6.45) is 0. The number of aromatic nitrogens is 4. The Balaban J connectivity index is 1.52. The lowest BCUT2D eigenvalue weighted by Crippen LogP contribution is -2.18. The predicted octanol–water partition coefficient (Wildman–Crippen LogP) is 6.78. The summed E-state index contributed by atoms with van der Waals surface area (Å²) >= 11 is 6.10. The van der Waals surface area contributed by atoms with Crippen LogP contribution in [0.1, 0.15) is 48.0 Å². The highest BCUT2D eigenvalue weighted by molar-refractivity contribution is 6.30. The Kier molecular flexibility index (Phi) is 6.14. The highest BCUT2D eigenvalue weighted by Crippen LogP contribution is 2.26. The molecule has 0 atom stereocenters. The third-order valence-corrected chi connectivity index (χ3v) is 6.42. The van der Waals surface area contributed by atoms with Gasteiger partial charge < -0.3 is 9.88 Å². The number of hydrogen-bond donors (Lipinski definition) is 1. The zero-order valence-electron chi connectivity index (χ0n) is 20.8. The number of halogens is 1. The molecule has 0 spiro atoms. The summed E-state index contributed by atoms with van der Waals surface area (Å²) in [7, 11) is 0. The van der Waals surface area contributed by atoms with Gasteiger partial charge in [0.25, 0.3) is 5.91 Å². The SMILES string of the molecule is Cc1cc(NC(=O)c2ccc(C(C)(C)C)cc2)n(-c2nc3ccccc3n2Cc2ccc(Cl)cc2)n1. The Bertz CT molecular complexity index is 1540. The summed E-state index contributed by atoms with van der Waals surface area (Å²) in [6, 6.07) is 25.3. The molecule has 1 N–H and O–H groups in total. The van der Waals surface area contributed by atoms with Gasteiger partial charge in [0.1, 0.15) is 5.82 Å². The maximum atomic E-state index is 13.2. The Morgan fingerprint density at radius 1 is 0.972 bits per heavy atom. The van der Waals surface area contributed by atoms with E-state index >= 15 is 0 Å². The minimum Gasteiger partial charge on any atom is -0.306 e. The molecule has 6 nitrogen and oxygen atoms in total. The largest absolute Gasteiger partial charge is 0.306 e. The van der Waals surface area contributed by atoms with Crippen LogP contribution < -0.4 is 5.32 Å². The number of fused-ring (bicyclic) bond motifs is 1. The topological polar surface area (TPSA) is 64.7 Å². The molecule has 0 saturated heterocycles. The van der Waals surface area contributed by atoms with E-state index in [0.717, 1.165) is 22.3 Å². The number of imidazole rings is 1. The zero-order chi connectivity index (χ0) is 25.4. The van der Waals surface area contributed by atoms with Crippen LogP contribution in [-0.2, 0) is 12.0 Å². The minimum atomic E-state index is -0.197. The molecule has 2 aromatic heterocycles. The van der Waals surface area contributed by atoms with Gasteiger partial charge in [0.2, 0.25) is 5.95 Å². The molecule has 1 amide bonds. The molecule has 5 rings (SSSR count). The molecule has 0 unspecified atom stereocenters. The van der Waals surface area contributed by atoms with E-state index in [2.05, 4.69) is 35.8 Å². The van der Waals surface area contributed by atoms with Gasteiger partial charge in [0, 0.05) is 16.7 Å². The number of anilines is 1. The molecule has 0 bridgehead atoms. The second kappa shape index (κ2) is 9.28. The number of benzene rings is 3. The van der Waals surface area contributed by atoms with E-state index in [4.69, 9.17) is 16.6 Å². The normalized spacial score (nSPS) is 11.7. The Hall–Kier alpha value is -3.90. The smallest absolute Gasteiger partial charge is 0.256 e. The predicted molar refractivity (Wildman–Crippen MR) is 145 cm³/mol. The fraction of sp³-hybridized carbons (Fsp3) is 0.207. The van der Waals surface area contributed by atoms with Crippen molar-refractivity contribution in [2.75, 3.05) is 5.32 Å². The van der Waals surface area contributed by atoms with Crippen molar-refractivity contribution in [2.24, 2.45) is 0 Å². The van der Waals surface area contributed by atoms with Gasteiger partial charge in [-0.1, -0.05) is 68.8 Å². The fourth-order valence-electron chi connectivity index (χ4n) is 4.20. The summed E-state index contributed by atoms with van der Waals surface area (Å²) < 4.78 is 3.80. The van der Waals surface area contributed by atoms with Gasteiger partial charge in [-0.15, -0.1) is 0 Å². The van der Waals surface area contributed by atoms with E-state index in [0.29, 0.717) is 28.9 Å². The average molecular weight is 498 g/mol. The number of amides is 1. The molecule has 0 aliphatic carbocycles. The molecule has 3 aromatic carbocycles. The Labute approximate surface area is 215 Å². The molecule has 0 aliphatic rings. The van der Waals surface area contributed by atoms with Crippen LogP contribution in [0, 0.1) is 6.92 Å². The molecule has 0 aliphatic heterocycles. The highest BCUT2D eigenvalue weighted by atomic mass is 35.5. The summed E-state index contributed by atoms with van der Waals surface area (Å²) in [5.41, 5.74) is 5.47. The molecule has 182 valence electrons. The van der Waals surface area contributed by atoms with Crippen molar-refractivity contribution in [2.45, 2.75) is 39.7 Å². The van der Waals surface area contributed by atoms with Gasteiger partial charge in [0.05, 0.1) is 23.3 Å². The minimum absolute atomic E-state index is 0.0217. The number of hydrogen-bond acceptors (Lipinski definition) is 3. The molecular formula is C29H28ClN5O. The quantitative estimate of drug-likeness (QED) is 0.291. The first-order chi connectivity index (χ1) is 17.2. The summed E-state index contributed by atoms with van der Waals surface area (Å²) in [5.74, 6) is 0.986. The molecule has 5 aromatic rings. The number of nitrogens with one attached hydrogen (secondary N) is 1. The molecule has 0 fully saturated rings. The number of carbonyl (C=O) groups excluding carboxylic acids is 1. The summed E-state index contributed by atoms with van der Waals surface area (Å²) in [5, 5.41) is 8.41. The number of carbonyl (C=O) groups is 1. The van der Waals surface area contributed by atoms with Gasteiger partial charge in [-0.25, -0.2) is 4.98 Å². The average Bonchev–Trinajstić information content (AvgIpc) is 3.39. The second-order valence-corrected chi connectivity index (χ2v) is 10.4. The van der Waals surface area contributed by atoms with E-state index in [-0.39, 0.29) is 11.3 Å². The van der Waals surface area contributed by atoms with Crippen molar-refractivity contribution in [3.63, 3.8) is 0 Å². The second-order valence-electron chi connectivity index (χ2n) is 9.98. The first-order valence-corrected chi connectivity index (χ1v) is 12.3. The highest BCUT2D eigenvalue weighted by Gasteiger charge is 2.20. The van der Waals surface area contributed by atoms with Crippen molar-refractivity contribution in [1.82, 2.24) is 19.3 Å². The maximum absolute atomic E-state index is 13.2. The van der Waals surface area contributed by atoms with Gasteiger partial charge in [-0.2, -0.15) is 9.78 Å². The molecule has 36 heavy (non-hydrogen) atoms. The van der Waals surface area contributed by atoms with E-state index in [9.17, 15) is 4.79 Å². The van der Waals surface area contributed by atoms with E-state index in [1.54, 1.807) is 4.68 Å². The molecule has 7 heteroatoms. The zero-order valence-corrected chi connectivity index (χ0v) is 21.5. The Morgan fingerprint density at radius 3 is 2.36 bits per heavy atom. The molecule has 0 saturated carbocycles.